The van der Waals surface area contributed by atoms with Crippen LogP contribution in [0.1, 0.15) is 36.2 Å². The van der Waals surface area contributed by atoms with Gasteiger partial charge in [-0.05, 0) is 43.2 Å². The van der Waals surface area contributed by atoms with Crippen LogP contribution in [0, 0.1) is 0 Å². The van der Waals surface area contributed by atoms with Crippen LogP contribution in [0.2, 0.25) is 0 Å². The number of nitrogens with one attached hydrogen (secondary N) is 1. The molecule has 0 fully saturated rings. The Kier molecular flexibility index (Phi) is 7.24. The van der Waals surface area contributed by atoms with Crippen molar-refractivity contribution in [1.29, 1.82) is 0 Å². The second-order valence-electron chi connectivity index (χ2n) is 5.92. The third-order valence-electron chi connectivity index (χ3n) is 3.92. The molecule has 0 atom stereocenters. The van der Waals surface area contributed by atoms with E-state index in [0.29, 0.717) is 24.5 Å². The molecule has 0 heterocycles. The Morgan fingerprint density at radius 2 is 1.81 bits per heavy atom. The van der Waals surface area contributed by atoms with Crippen molar-refractivity contribution in [3.63, 3.8) is 0 Å². The molecule has 0 saturated carbocycles. The maximum Gasteiger partial charge on any atom is 0.252 e. The Labute approximate surface area is 160 Å². The van der Waals surface area contributed by atoms with Crippen LogP contribution in [0.15, 0.2) is 47.4 Å². The van der Waals surface area contributed by atoms with Gasteiger partial charge in [0.1, 0.15) is 0 Å². The van der Waals surface area contributed by atoms with E-state index in [1.54, 1.807) is 38.3 Å². The fourth-order valence-electron chi connectivity index (χ4n) is 2.68. The number of sulfone groups is 1. The van der Waals surface area contributed by atoms with Gasteiger partial charge < -0.3 is 14.8 Å². The highest BCUT2D eigenvalue weighted by Crippen LogP contribution is 2.28. The van der Waals surface area contributed by atoms with Crippen LogP contribution in [0.4, 0.5) is 0 Å². The van der Waals surface area contributed by atoms with Crippen molar-refractivity contribution in [2.24, 2.45) is 0 Å². The summed E-state index contributed by atoms with van der Waals surface area (Å²) < 4.78 is 35.6. The molecule has 0 aliphatic carbocycles. The van der Waals surface area contributed by atoms with E-state index in [9.17, 15) is 13.2 Å². The van der Waals surface area contributed by atoms with Crippen LogP contribution >= 0.6 is 0 Å². The van der Waals surface area contributed by atoms with Gasteiger partial charge in [0.25, 0.3) is 5.91 Å². The molecule has 1 N–H and O–H groups in total. The zero-order valence-electron chi connectivity index (χ0n) is 15.8. The number of carbonyl (C=O) groups excluding carboxylic acids is 1. The predicted molar refractivity (Wildman–Crippen MR) is 104 cm³/mol. The molecule has 0 bridgehead atoms. The Morgan fingerprint density at radius 3 is 2.48 bits per heavy atom. The monoisotopic (exact) mass is 391 g/mol. The zero-order chi connectivity index (χ0) is 19.9. The van der Waals surface area contributed by atoms with Crippen molar-refractivity contribution in [1.82, 2.24) is 5.32 Å². The first-order valence-corrected chi connectivity index (χ1v) is 10.5. The lowest BCUT2D eigenvalue weighted by atomic mass is 10.1. The number of benzene rings is 2. The van der Waals surface area contributed by atoms with Gasteiger partial charge in [-0.2, -0.15) is 0 Å². The third kappa shape index (κ3) is 5.23. The topological polar surface area (TPSA) is 81.7 Å². The van der Waals surface area contributed by atoms with Crippen molar-refractivity contribution in [3.8, 4) is 11.5 Å². The summed E-state index contributed by atoms with van der Waals surface area (Å²) in [7, 11) is -1.94. The molecule has 7 heteroatoms. The standard InChI is InChI=1S/C20H25NO5S/c1-4-12-27(23,24)19-9-7-6-8-16(19)20(22)21-14-15-10-11-17(26-5-2)18(13-15)25-3/h6-11,13H,4-5,12,14H2,1-3H3,(H,21,22). The first kappa shape index (κ1) is 20.8. The lowest BCUT2D eigenvalue weighted by molar-refractivity contribution is 0.0947. The van der Waals surface area contributed by atoms with Crippen LogP contribution in [-0.2, 0) is 16.4 Å². The zero-order valence-corrected chi connectivity index (χ0v) is 16.6. The number of rotatable bonds is 9. The normalized spacial score (nSPS) is 11.1. The fourth-order valence-corrected chi connectivity index (χ4v) is 4.22. The van der Waals surface area contributed by atoms with Gasteiger partial charge in [-0.25, -0.2) is 8.42 Å². The summed E-state index contributed by atoms with van der Waals surface area (Å²) in [5.74, 6) is 0.784. The van der Waals surface area contributed by atoms with E-state index in [1.807, 2.05) is 13.0 Å². The summed E-state index contributed by atoms with van der Waals surface area (Å²) in [6.07, 6.45) is 0.490. The van der Waals surface area contributed by atoms with Crippen molar-refractivity contribution < 1.29 is 22.7 Å². The predicted octanol–water partition coefficient (Wildman–Crippen LogP) is 3.21. The lowest BCUT2D eigenvalue weighted by Gasteiger charge is -2.13. The summed E-state index contributed by atoms with van der Waals surface area (Å²) in [6, 6.07) is 11.7. The molecule has 2 rings (SSSR count). The van der Waals surface area contributed by atoms with E-state index < -0.39 is 15.7 Å². The van der Waals surface area contributed by atoms with Gasteiger partial charge in [0, 0.05) is 6.54 Å². The highest BCUT2D eigenvalue weighted by Gasteiger charge is 2.21. The first-order valence-electron chi connectivity index (χ1n) is 8.82. The van der Waals surface area contributed by atoms with Gasteiger partial charge >= 0.3 is 0 Å². The molecule has 0 aromatic heterocycles. The minimum atomic E-state index is -3.49. The molecule has 0 aliphatic rings. The smallest absolute Gasteiger partial charge is 0.252 e. The van der Waals surface area contributed by atoms with Gasteiger partial charge in [0.05, 0.1) is 29.9 Å². The average molecular weight is 391 g/mol. The van der Waals surface area contributed by atoms with Crippen molar-refractivity contribution in [2.75, 3.05) is 19.5 Å². The summed E-state index contributed by atoms with van der Waals surface area (Å²) in [4.78, 5) is 12.6. The molecule has 0 saturated heterocycles. The molecule has 6 nitrogen and oxygen atoms in total. The number of carbonyl (C=O) groups is 1. The average Bonchev–Trinajstić information content (AvgIpc) is 2.67. The SMILES string of the molecule is CCCS(=O)(=O)c1ccccc1C(=O)NCc1ccc(OCC)c(OC)c1. The second-order valence-corrected chi connectivity index (χ2v) is 7.99. The van der Waals surface area contributed by atoms with E-state index in [0.717, 1.165) is 5.56 Å². The number of hydrogen-bond donors (Lipinski definition) is 1. The highest BCUT2D eigenvalue weighted by molar-refractivity contribution is 7.91. The lowest BCUT2D eigenvalue weighted by Crippen LogP contribution is -2.25. The summed E-state index contributed by atoms with van der Waals surface area (Å²) in [5.41, 5.74) is 0.974. The van der Waals surface area contributed by atoms with E-state index in [-0.39, 0.29) is 22.8 Å². The van der Waals surface area contributed by atoms with Crippen LogP contribution in [0.25, 0.3) is 0 Å². The summed E-state index contributed by atoms with van der Waals surface area (Å²) in [5, 5.41) is 2.77. The Bertz CT molecular complexity index is 893. The van der Waals surface area contributed by atoms with Gasteiger partial charge in [0.15, 0.2) is 21.3 Å². The summed E-state index contributed by atoms with van der Waals surface area (Å²) >= 11 is 0. The molecule has 0 aliphatic heterocycles. The molecule has 146 valence electrons. The maximum atomic E-state index is 12.6. The molecule has 2 aromatic carbocycles. The minimum Gasteiger partial charge on any atom is -0.493 e. The second kappa shape index (κ2) is 9.41. The molecule has 0 spiro atoms. The molecule has 2 aromatic rings. The quantitative estimate of drug-likeness (QED) is 0.710. The number of hydrogen-bond acceptors (Lipinski definition) is 5. The van der Waals surface area contributed by atoms with Crippen molar-refractivity contribution in [2.45, 2.75) is 31.7 Å². The van der Waals surface area contributed by atoms with Crippen molar-refractivity contribution >= 4 is 15.7 Å². The van der Waals surface area contributed by atoms with Gasteiger partial charge in [0.2, 0.25) is 0 Å². The Morgan fingerprint density at radius 1 is 1.07 bits per heavy atom. The number of methoxy groups -OCH3 is 1. The van der Waals surface area contributed by atoms with Crippen LogP contribution < -0.4 is 14.8 Å². The molecular formula is C20H25NO5S. The highest BCUT2D eigenvalue weighted by atomic mass is 32.2. The first-order chi connectivity index (χ1) is 12.9. The van der Waals surface area contributed by atoms with E-state index in [2.05, 4.69) is 5.32 Å². The number of amides is 1. The van der Waals surface area contributed by atoms with E-state index in [4.69, 9.17) is 9.47 Å². The molecule has 1 amide bonds. The van der Waals surface area contributed by atoms with Gasteiger partial charge in [-0.1, -0.05) is 25.1 Å². The number of ether oxygens (including phenoxy) is 2. The Balaban J connectivity index is 2.18. The van der Waals surface area contributed by atoms with Gasteiger partial charge in [-0.15, -0.1) is 0 Å². The minimum absolute atomic E-state index is 0.00732. The van der Waals surface area contributed by atoms with Crippen LogP contribution in [0.3, 0.4) is 0 Å². The van der Waals surface area contributed by atoms with Crippen LogP contribution in [0.5, 0.6) is 11.5 Å². The van der Waals surface area contributed by atoms with E-state index in [1.165, 1.54) is 12.1 Å². The maximum absolute atomic E-state index is 12.6. The molecule has 0 radical (unpaired) electrons. The summed E-state index contributed by atoms with van der Waals surface area (Å²) in [6.45, 7) is 4.44. The Hall–Kier alpha value is -2.54. The molecular weight excluding hydrogens is 366 g/mol. The van der Waals surface area contributed by atoms with Crippen molar-refractivity contribution in [3.05, 3.63) is 53.6 Å². The van der Waals surface area contributed by atoms with Gasteiger partial charge in [-0.3, -0.25) is 4.79 Å². The third-order valence-corrected chi connectivity index (χ3v) is 5.89. The fraction of sp³-hybridized carbons (Fsp3) is 0.350. The largest absolute Gasteiger partial charge is 0.493 e. The molecule has 27 heavy (non-hydrogen) atoms. The van der Waals surface area contributed by atoms with E-state index >= 15 is 0 Å². The molecule has 0 unspecified atom stereocenters. The van der Waals surface area contributed by atoms with Crippen LogP contribution in [-0.4, -0.2) is 33.8 Å².